The van der Waals surface area contributed by atoms with Gasteiger partial charge in [-0.3, -0.25) is 4.79 Å². The van der Waals surface area contributed by atoms with E-state index in [9.17, 15) is 4.79 Å². The smallest absolute Gasteiger partial charge is 0.236 e. The molecule has 0 aromatic carbocycles. The monoisotopic (exact) mass is 238 g/mol. The van der Waals surface area contributed by atoms with E-state index in [-0.39, 0.29) is 11.9 Å². The minimum Gasteiger partial charge on any atom is -0.355 e. The number of carbonyl (C=O) groups is 1. The summed E-state index contributed by atoms with van der Waals surface area (Å²) in [5.74, 6) is 0.394. The molecule has 3 N–H and O–H groups in total. The Bertz CT molecular complexity index is 321. The van der Waals surface area contributed by atoms with Gasteiger partial charge in [0, 0.05) is 25.5 Å². The number of nitrogens with zero attached hydrogens (tertiary/aromatic N) is 2. The summed E-state index contributed by atoms with van der Waals surface area (Å²) in [6.45, 7) is 5.64. The number of aryl methyl sites for hydroxylation is 1. The molecule has 0 unspecified atom stereocenters. The predicted octanol–water partition coefficient (Wildman–Crippen LogP) is 0.763. The van der Waals surface area contributed by atoms with Gasteiger partial charge in [-0.2, -0.15) is 0 Å². The van der Waals surface area contributed by atoms with Gasteiger partial charge in [-0.25, -0.2) is 4.98 Å². The Balaban J connectivity index is 2.11. The summed E-state index contributed by atoms with van der Waals surface area (Å²) in [6.07, 6.45) is 7.04. The first kappa shape index (κ1) is 13.7. The van der Waals surface area contributed by atoms with Crippen LogP contribution in [0.1, 0.15) is 26.7 Å². The van der Waals surface area contributed by atoms with Crippen molar-refractivity contribution in [2.24, 2.45) is 11.7 Å². The van der Waals surface area contributed by atoms with E-state index in [1.807, 2.05) is 10.8 Å². The molecule has 0 aliphatic carbocycles. The summed E-state index contributed by atoms with van der Waals surface area (Å²) < 4.78 is 1.99. The number of amides is 1. The molecule has 5 heteroatoms. The van der Waals surface area contributed by atoms with Crippen LogP contribution in [0.2, 0.25) is 0 Å². The highest BCUT2D eigenvalue weighted by molar-refractivity contribution is 5.81. The van der Waals surface area contributed by atoms with E-state index in [0.717, 1.165) is 19.4 Å². The number of imidazole rings is 1. The molecule has 1 aromatic rings. The number of carbonyl (C=O) groups excluding carboxylic acids is 1. The van der Waals surface area contributed by atoms with Gasteiger partial charge in [-0.15, -0.1) is 0 Å². The van der Waals surface area contributed by atoms with Gasteiger partial charge in [-0.1, -0.05) is 13.8 Å². The Hall–Kier alpha value is -1.36. The molecule has 0 bridgehead atoms. The Morgan fingerprint density at radius 3 is 2.88 bits per heavy atom. The summed E-state index contributed by atoms with van der Waals surface area (Å²) in [4.78, 5) is 15.5. The van der Waals surface area contributed by atoms with Crippen molar-refractivity contribution in [3.63, 3.8) is 0 Å². The van der Waals surface area contributed by atoms with Crippen LogP contribution in [0.3, 0.4) is 0 Å². The Kier molecular flexibility index (Phi) is 5.69. The standard InChI is InChI=1S/C12H22N4O/c1-10(2)8-11(13)12(17)15-4-3-6-16-7-5-14-9-16/h5,7,9-11H,3-4,6,8,13H2,1-2H3,(H,15,17)/t11-/m0/s1. The zero-order valence-corrected chi connectivity index (χ0v) is 10.6. The van der Waals surface area contributed by atoms with Gasteiger partial charge in [0.25, 0.3) is 0 Å². The molecule has 0 fully saturated rings. The highest BCUT2D eigenvalue weighted by atomic mass is 16.2. The Morgan fingerprint density at radius 1 is 1.53 bits per heavy atom. The lowest BCUT2D eigenvalue weighted by molar-refractivity contribution is -0.122. The predicted molar refractivity (Wildman–Crippen MR) is 67.3 cm³/mol. The molecule has 5 nitrogen and oxygen atoms in total. The number of hydrogen-bond donors (Lipinski definition) is 2. The van der Waals surface area contributed by atoms with E-state index < -0.39 is 0 Å². The third-order valence-electron chi connectivity index (χ3n) is 2.51. The molecule has 0 spiro atoms. The number of nitrogens with two attached hydrogens (primary N) is 1. The first-order valence-corrected chi connectivity index (χ1v) is 6.08. The summed E-state index contributed by atoms with van der Waals surface area (Å²) >= 11 is 0. The lowest BCUT2D eigenvalue weighted by Gasteiger charge is -2.14. The van der Waals surface area contributed by atoms with Crippen LogP contribution in [0.5, 0.6) is 0 Å². The van der Waals surface area contributed by atoms with E-state index >= 15 is 0 Å². The maximum Gasteiger partial charge on any atom is 0.236 e. The fourth-order valence-electron chi connectivity index (χ4n) is 1.64. The van der Waals surface area contributed by atoms with E-state index in [2.05, 4.69) is 24.1 Å². The van der Waals surface area contributed by atoms with Crippen molar-refractivity contribution >= 4 is 5.91 Å². The number of nitrogens with one attached hydrogen (secondary N) is 1. The molecule has 1 heterocycles. The average Bonchev–Trinajstić information content (AvgIpc) is 2.75. The topological polar surface area (TPSA) is 72.9 Å². The highest BCUT2D eigenvalue weighted by Crippen LogP contribution is 2.02. The van der Waals surface area contributed by atoms with E-state index in [4.69, 9.17) is 5.73 Å². The van der Waals surface area contributed by atoms with E-state index in [1.165, 1.54) is 0 Å². The fourth-order valence-corrected chi connectivity index (χ4v) is 1.64. The van der Waals surface area contributed by atoms with Crippen LogP contribution in [0.4, 0.5) is 0 Å². The largest absolute Gasteiger partial charge is 0.355 e. The minimum atomic E-state index is -0.386. The van der Waals surface area contributed by atoms with E-state index in [1.54, 1.807) is 12.5 Å². The second-order valence-electron chi connectivity index (χ2n) is 4.68. The normalized spacial score (nSPS) is 12.7. The summed E-state index contributed by atoms with van der Waals surface area (Å²) in [5, 5.41) is 2.85. The third kappa shape index (κ3) is 5.49. The second-order valence-corrected chi connectivity index (χ2v) is 4.68. The third-order valence-corrected chi connectivity index (χ3v) is 2.51. The maximum absolute atomic E-state index is 11.6. The quantitative estimate of drug-likeness (QED) is 0.689. The molecule has 1 amide bonds. The van der Waals surface area contributed by atoms with Gasteiger partial charge < -0.3 is 15.6 Å². The van der Waals surface area contributed by atoms with Crippen molar-refractivity contribution in [3.8, 4) is 0 Å². The van der Waals surface area contributed by atoms with Crippen molar-refractivity contribution in [2.75, 3.05) is 6.54 Å². The van der Waals surface area contributed by atoms with Crippen LogP contribution in [0.15, 0.2) is 18.7 Å². The lowest BCUT2D eigenvalue weighted by Crippen LogP contribution is -2.41. The van der Waals surface area contributed by atoms with Gasteiger partial charge in [0.2, 0.25) is 5.91 Å². The van der Waals surface area contributed by atoms with Crippen LogP contribution in [-0.2, 0) is 11.3 Å². The van der Waals surface area contributed by atoms with Crippen molar-refractivity contribution in [3.05, 3.63) is 18.7 Å². The summed E-state index contributed by atoms with van der Waals surface area (Å²) in [5.41, 5.74) is 5.77. The molecular formula is C12H22N4O. The first-order chi connectivity index (χ1) is 8.09. The fraction of sp³-hybridized carbons (Fsp3) is 0.667. The first-order valence-electron chi connectivity index (χ1n) is 6.08. The summed E-state index contributed by atoms with van der Waals surface area (Å²) in [6, 6.07) is -0.386. The Morgan fingerprint density at radius 2 is 2.29 bits per heavy atom. The van der Waals surface area contributed by atoms with Crippen molar-refractivity contribution in [2.45, 2.75) is 39.3 Å². The van der Waals surface area contributed by atoms with Crippen molar-refractivity contribution in [1.82, 2.24) is 14.9 Å². The number of hydrogen-bond acceptors (Lipinski definition) is 3. The molecule has 0 radical (unpaired) electrons. The molecule has 17 heavy (non-hydrogen) atoms. The molecule has 1 rings (SSSR count). The maximum atomic E-state index is 11.6. The molecular weight excluding hydrogens is 216 g/mol. The SMILES string of the molecule is CC(C)C[C@H](N)C(=O)NCCCn1ccnc1. The Labute approximate surface area is 102 Å². The molecule has 1 atom stereocenters. The number of rotatable bonds is 7. The molecule has 0 saturated heterocycles. The van der Waals surface area contributed by atoms with Crippen LogP contribution in [-0.4, -0.2) is 28.0 Å². The molecule has 0 saturated carbocycles. The lowest BCUT2D eigenvalue weighted by atomic mass is 10.0. The summed E-state index contributed by atoms with van der Waals surface area (Å²) in [7, 11) is 0. The molecule has 96 valence electrons. The molecule has 1 aromatic heterocycles. The number of aromatic nitrogens is 2. The van der Waals surface area contributed by atoms with Crippen LogP contribution >= 0.6 is 0 Å². The van der Waals surface area contributed by atoms with E-state index in [0.29, 0.717) is 12.5 Å². The van der Waals surface area contributed by atoms with Crippen molar-refractivity contribution in [1.29, 1.82) is 0 Å². The van der Waals surface area contributed by atoms with Crippen LogP contribution in [0, 0.1) is 5.92 Å². The highest BCUT2D eigenvalue weighted by Gasteiger charge is 2.13. The zero-order valence-electron chi connectivity index (χ0n) is 10.6. The van der Waals surface area contributed by atoms with Gasteiger partial charge in [-0.05, 0) is 18.8 Å². The minimum absolute atomic E-state index is 0.0515. The van der Waals surface area contributed by atoms with Crippen LogP contribution in [0.25, 0.3) is 0 Å². The van der Waals surface area contributed by atoms with Gasteiger partial charge in [0.05, 0.1) is 12.4 Å². The van der Waals surface area contributed by atoms with Gasteiger partial charge in [0.1, 0.15) is 0 Å². The second kappa shape index (κ2) is 7.06. The van der Waals surface area contributed by atoms with Gasteiger partial charge >= 0.3 is 0 Å². The van der Waals surface area contributed by atoms with Crippen LogP contribution < -0.4 is 11.1 Å². The van der Waals surface area contributed by atoms with Gasteiger partial charge in [0.15, 0.2) is 0 Å². The average molecular weight is 238 g/mol. The molecule has 0 aliphatic rings. The van der Waals surface area contributed by atoms with Crippen molar-refractivity contribution < 1.29 is 4.79 Å². The molecule has 0 aliphatic heterocycles. The zero-order chi connectivity index (χ0) is 12.7.